The van der Waals surface area contributed by atoms with E-state index in [1.54, 1.807) is 12.1 Å². The summed E-state index contributed by atoms with van der Waals surface area (Å²) in [6.07, 6.45) is -0.556. The van der Waals surface area contributed by atoms with E-state index in [2.05, 4.69) is 27.3 Å². The minimum atomic E-state index is -4.39. The van der Waals surface area contributed by atoms with Gasteiger partial charge in [0.05, 0.1) is 23.5 Å². The van der Waals surface area contributed by atoms with Crippen LogP contribution in [0.3, 0.4) is 0 Å². The molecule has 3 aromatic rings. The molecule has 0 spiro atoms. The Labute approximate surface area is 207 Å². The van der Waals surface area contributed by atoms with Crippen LogP contribution in [0, 0.1) is 13.8 Å². The van der Waals surface area contributed by atoms with Crippen LogP contribution in [0.15, 0.2) is 48.8 Å². The summed E-state index contributed by atoms with van der Waals surface area (Å²) < 4.78 is 42.6. The van der Waals surface area contributed by atoms with Crippen molar-refractivity contribution in [3.05, 3.63) is 76.6 Å². The molecule has 2 heterocycles. The number of halogens is 3. The van der Waals surface area contributed by atoms with E-state index in [-0.39, 0.29) is 17.4 Å². The lowest BCUT2D eigenvalue weighted by Gasteiger charge is -2.35. The van der Waals surface area contributed by atoms with Crippen LogP contribution in [0.5, 0.6) is 5.75 Å². The van der Waals surface area contributed by atoms with Crippen molar-refractivity contribution in [1.82, 2.24) is 9.88 Å². The van der Waals surface area contributed by atoms with Crippen LogP contribution in [0.4, 0.5) is 18.9 Å². The number of carbonyl (C=O) groups is 1. The molecule has 4 rings (SSSR count). The number of aromatic carboxylic acids is 1. The van der Waals surface area contributed by atoms with Crippen LogP contribution in [-0.2, 0) is 6.42 Å². The SMILES string of the molecule is Cc1cc(OCC(F)(F)F)cc(C)c1-c1ccc2c(c1)CCN(C)[C@@H]2CNc1cnccc1C(=O)O. The Morgan fingerprint density at radius 2 is 1.92 bits per heavy atom. The van der Waals surface area contributed by atoms with Gasteiger partial charge in [-0.1, -0.05) is 18.2 Å². The van der Waals surface area contributed by atoms with Crippen molar-refractivity contribution in [1.29, 1.82) is 0 Å². The largest absolute Gasteiger partial charge is 0.484 e. The first-order valence-corrected chi connectivity index (χ1v) is 11.6. The number of hydrogen-bond acceptors (Lipinski definition) is 5. The van der Waals surface area contributed by atoms with Crippen molar-refractivity contribution in [2.24, 2.45) is 0 Å². The molecule has 1 aliphatic rings. The summed E-state index contributed by atoms with van der Waals surface area (Å²) in [5.41, 5.74) is 6.66. The topological polar surface area (TPSA) is 74.7 Å². The number of pyridine rings is 1. The maximum absolute atomic E-state index is 12.6. The predicted molar refractivity (Wildman–Crippen MR) is 132 cm³/mol. The highest BCUT2D eigenvalue weighted by atomic mass is 19.4. The van der Waals surface area contributed by atoms with Crippen LogP contribution in [0.25, 0.3) is 11.1 Å². The third kappa shape index (κ3) is 5.62. The number of nitrogens with zero attached hydrogens (tertiary/aromatic N) is 2. The summed E-state index contributed by atoms with van der Waals surface area (Å²) in [4.78, 5) is 17.8. The van der Waals surface area contributed by atoms with Gasteiger partial charge in [0.15, 0.2) is 6.61 Å². The number of fused-ring (bicyclic) bond motifs is 1. The molecule has 1 aliphatic heterocycles. The maximum Gasteiger partial charge on any atom is 0.422 e. The number of likely N-dealkylation sites (N-methyl/N-ethyl adjacent to an activating group) is 1. The van der Waals surface area contributed by atoms with Gasteiger partial charge in [-0.15, -0.1) is 0 Å². The predicted octanol–water partition coefficient (Wildman–Crippen LogP) is 5.65. The van der Waals surface area contributed by atoms with Gasteiger partial charge in [-0.2, -0.15) is 13.2 Å². The molecule has 1 aromatic heterocycles. The number of alkyl halides is 3. The molecule has 9 heteroatoms. The number of aryl methyl sites for hydroxylation is 2. The lowest BCUT2D eigenvalue weighted by atomic mass is 9.87. The Bertz CT molecular complexity index is 1250. The third-order valence-electron chi connectivity index (χ3n) is 6.50. The van der Waals surface area contributed by atoms with E-state index < -0.39 is 18.8 Å². The molecule has 0 amide bonds. The Hall–Kier alpha value is -3.59. The Morgan fingerprint density at radius 1 is 1.19 bits per heavy atom. The molecule has 0 fully saturated rings. The second-order valence-electron chi connectivity index (χ2n) is 9.10. The average Bonchev–Trinajstić information content (AvgIpc) is 2.81. The summed E-state index contributed by atoms with van der Waals surface area (Å²) in [6.45, 7) is 3.77. The Balaban J connectivity index is 1.58. The normalized spacial score (nSPS) is 15.9. The van der Waals surface area contributed by atoms with E-state index in [0.29, 0.717) is 12.2 Å². The highest BCUT2D eigenvalue weighted by Crippen LogP contribution is 2.36. The monoisotopic (exact) mass is 499 g/mol. The van der Waals surface area contributed by atoms with E-state index in [1.807, 2.05) is 27.0 Å². The van der Waals surface area contributed by atoms with Gasteiger partial charge in [0.25, 0.3) is 0 Å². The van der Waals surface area contributed by atoms with E-state index in [0.717, 1.165) is 40.8 Å². The fourth-order valence-electron chi connectivity index (χ4n) is 4.81. The van der Waals surface area contributed by atoms with Gasteiger partial charge in [0.1, 0.15) is 5.75 Å². The van der Waals surface area contributed by atoms with Crippen molar-refractivity contribution in [3.8, 4) is 16.9 Å². The van der Waals surface area contributed by atoms with E-state index in [4.69, 9.17) is 4.74 Å². The zero-order chi connectivity index (χ0) is 26.0. The van der Waals surface area contributed by atoms with Crippen molar-refractivity contribution < 1.29 is 27.8 Å². The van der Waals surface area contributed by atoms with Gasteiger partial charge in [0, 0.05) is 19.3 Å². The lowest BCUT2D eigenvalue weighted by molar-refractivity contribution is -0.153. The average molecular weight is 500 g/mol. The van der Waals surface area contributed by atoms with Gasteiger partial charge >= 0.3 is 12.1 Å². The summed E-state index contributed by atoms with van der Waals surface area (Å²) in [6, 6.07) is 11.0. The van der Waals surface area contributed by atoms with Crippen LogP contribution in [-0.4, -0.2) is 53.9 Å². The van der Waals surface area contributed by atoms with E-state index in [9.17, 15) is 23.1 Å². The number of anilines is 1. The Morgan fingerprint density at radius 3 is 2.58 bits per heavy atom. The van der Waals surface area contributed by atoms with Crippen molar-refractivity contribution in [2.45, 2.75) is 32.5 Å². The Kier molecular flexibility index (Phi) is 7.21. The number of carboxylic acids is 1. The summed E-state index contributed by atoms with van der Waals surface area (Å²) >= 11 is 0. The van der Waals surface area contributed by atoms with Crippen molar-refractivity contribution in [2.75, 3.05) is 32.1 Å². The van der Waals surface area contributed by atoms with Crippen LogP contribution in [0.2, 0.25) is 0 Å². The third-order valence-corrected chi connectivity index (χ3v) is 6.50. The molecule has 36 heavy (non-hydrogen) atoms. The molecule has 0 saturated carbocycles. The first-order valence-electron chi connectivity index (χ1n) is 11.6. The van der Waals surface area contributed by atoms with Crippen molar-refractivity contribution in [3.63, 3.8) is 0 Å². The molecular formula is C27H28F3N3O3. The second kappa shape index (κ2) is 10.2. The number of benzene rings is 2. The van der Waals surface area contributed by atoms with Crippen molar-refractivity contribution >= 4 is 11.7 Å². The number of ether oxygens (including phenoxy) is 1. The number of rotatable bonds is 7. The van der Waals surface area contributed by atoms with Gasteiger partial charge < -0.3 is 15.2 Å². The highest BCUT2D eigenvalue weighted by molar-refractivity contribution is 5.93. The number of nitrogens with one attached hydrogen (secondary N) is 1. The molecule has 0 saturated heterocycles. The van der Waals surface area contributed by atoms with E-state index >= 15 is 0 Å². The molecule has 0 unspecified atom stereocenters. The van der Waals surface area contributed by atoms with Gasteiger partial charge in [0.2, 0.25) is 0 Å². The fraction of sp³-hybridized carbons (Fsp3) is 0.333. The van der Waals surface area contributed by atoms with Gasteiger partial charge in [-0.05, 0) is 78.9 Å². The minimum absolute atomic E-state index is 0.0324. The second-order valence-corrected chi connectivity index (χ2v) is 9.10. The fourth-order valence-corrected chi connectivity index (χ4v) is 4.81. The summed E-state index contributed by atoms with van der Waals surface area (Å²) in [5.74, 6) is -0.810. The first kappa shape index (κ1) is 25.5. The molecule has 1 atom stereocenters. The molecule has 2 aromatic carbocycles. The molecule has 0 radical (unpaired) electrons. The number of hydrogen-bond donors (Lipinski definition) is 2. The standard InChI is InChI=1S/C27H28F3N3O3/c1-16-10-20(36-15-27(28,29)30)11-17(2)25(16)19-4-5-21-18(12-19)7-9-33(3)24(21)14-32-23-13-31-8-6-22(23)26(34)35/h4-6,8,10-13,24,32H,7,9,14-15H2,1-3H3,(H,34,35)/t24-/m1/s1. The quantitative estimate of drug-likeness (QED) is 0.438. The number of carboxylic acid groups (broad SMARTS) is 1. The van der Waals surface area contributed by atoms with Gasteiger partial charge in [-0.3, -0.25) is 9.88 Å². The minimum Gasteiger partial charge on any atom is -0.484 e. The molecule has 0 aliphatic carbocycles. The first-order chi connectivity index (χ1) is 17.0. The zero-order valence-corrected chi connectivity index (χ0v) is 20.3. The highest BCUT2D eigenvalue weighted by Gasteiger charge is 2.29. The van der Waals surface area contributed by atoms with Crippen LogP contribution >= 0.6 is 0 Å². The molecule has 190 valence electrons. The molecular weight excluding hydrogens is 471 g/mol. The lowest BCUT2D eigenvalue weighted by Crippen LogP contribution is -2.36. The number of aromatic nitrogens is 1. The maximum atomic E-state index is 12.6. The summed E-state index contributed by atoms with van der Waals surface area (Å²) in [5, 5.41) is 12.7. The van der Waals surface area contributed by atoms with E-state index in [1.165, 1.54) is 24.0 Å². The molecule has 6 nitrogen and oxygen atoms in total. The zero-order valence-electron chi connectivity index (χ0n) is 20.3. The van der Waals surface area contributed by atoms with Gasteiger partial charge in [-0.25, -0.2) is 4.79 Å². The van der Waals surface area contributed by atoms with Crippen LogP contribution < -0.4 is 10.1 Å². The van der Waals surface area contributed by atoms with Crippen LogP contribution in [0.1, 0.15) is 38.7 Å². The molecule has 2 N–H and O–H groups in total. The summed E-state index contributed by atoms with van der Waals surface area (Å²) in [7, 11) is 2.04. The molecule has 0 bridgehead atoms. The smallest absolute Gasteiger partial charge is 0.422 e.